The Morgan fingerprint density at radius 1 is 1.07 bits per heavy atom. The lowest BCUT2D eigenvalue weighted by atomic mass is 9.98. The minimum atomic E-state index is -3.16. The molecule has 1 fully saturated rings. The molecule has 0 bridgehead atoms. The maximum atomic E-state index is 12.9. The summed E-state index contributed by atoms with van der Waals surface area (Å²) < 4.78 is 29.0. The molecule has 1 aliphatic rings. The fraction of sp³-hybridized carbons (Fsp3) is 0.364. The van der Waals surface area contributed by atoms with E-state index in [9.17, 15) is 18.0 Å². The van der Waals surface area contributed by atoms with E-state index in [2.05, 4.69) is 0 Å². The van der Waals surface area contributed by atoms with Gasteiger partial charge in [-0.25, -0.2) is 8.42 Å². The third-order valence-corrected chi connectivity index (χ3v) is 6.83. The van der Waals surface area contributed by atoms with Gasteiger partial charge in [-0.15, -0.1) is 0 Å². The van der Waals surface area contributed by atoms with E-state index in [4.69, 9.17) is 4.74 Å². The first-order valence-corrected chi connectivity index (χ1v) is 11.5. The number of sulfone groups is 1. The Bertz CT molecular complexity index is 944. The van der Waals surface area contributed by atoms with Gasteiger partial charge in [0.2, 0.25) is 0 Å². The van der Waals surface area contributed by atoms with Crippen LogP contribution in [-0.2, 0) is 24.2 Å². The maximum Gasteiger partial charge on any atom is 0.306 e. The Balaban J connectivity index is 1.63. The summed E-state index contributed by atoms with van der Waals surface area (Å²) in [6, 6.07) is 18.1. The van der Waals surface area contributed by atoms with Crippen LogP contribution < -0.4 is 4.90 Å². The van der Waals surface area contributed by atoms with Crippen molar-refractivity contribution in [3.8, 4) is 0 Å². The van der Waals surface area contributed by atoms with Gasteiger partial charge in [0.05, 0.1) is 24.0 Å². The zero-order valence-corrected chi connectivity index (χ0v) is 17.2. The highest BCUT2D eigenvalue weighted by Gasteiger charge is 2.35. The van der Waals surface area contributed by atoms with Gasteiger partial charge in [-0.1, -0.05) is 55.5 Å². The Morgan fingerprint density at radius 3 is 2.28 bits per heavy atom. The normalized spacial score (nSPS) is 18.7. The van der Waals surface area contributed by atoms with Gasteiger partial charge in [-0.3, -0.25) is 9.59 Å². The third-order valence-electron chi connectivity index (χ3n) is 5.07. The van der Waals surface area contributed by atoms with Crippen LogP contribution in [0.5, 0.6) is 0 Å². The zero-order chi connectivity index (χ0) is 20.9. The van der Waals surface area contributed by atoms with Crippen molar-refractivity contribution in [3.63, 3.8) is 0 Å². The summed E-state index contributed by atoms with van der Waals surface area (Å²) in [5, 5.41) is 0. The fourth-order valence-corrected chi connectivity index (χ4v) is 5.25. The number of nitrogens with zero attached hydrogens (tertiary/aromatic N) is 1. The van der Waals surface area contributed by atoms with Crippen LogP contribution in [0.3, 0.4) is 0 Å². The number of carbonyl (C=O) groups excluding carboxylic acids is 2. The number of rotatable bonds is 7. The predicted octanol–water partition coefficient (Wildman–Crippen LogP) is 2.94. The Hall–Kier alpha value is -2.67. The summed E-state index contributed by atoms with van der Waals surface area (Å²) in [7, 11) is -3.16. The van der Waals surface area contributed by atoms with Gasteiger partial charge in [0.15, 0.2) is 16.4 Å². The number of para-hydroxylation sites is 1. The molecule has 0 saturated carbocycles. The van der Waals surface area contributed by atoms with Crippen LogP contribution in [0.15, 0.2) is 60.7 Å². The molecule has 2 aromatic carbocycles. The van der Waals surface area contributed by atoms with E-state index in [0.717, 1.165) is 5.56 Å². The maximum absolute atomic E-state index is 12.9. The van der Waals surface area contributed by atoms with Gasteiger partial charge in [0, 0.05) is 5.69 Å². The highest BCUT2D eigenvalue weighted by Crippen LogP contribution is 2.25. The molecule has 1 amide bonds. The predicted molar refractivity (Wildman–Crippen MR) is 111 cm³/mol. The van der Waals surface area contributed by atoms with Crippen LogP contribution in [0.25, 0.3) is 0 Å². The van der Waals surface area contributed by atoms with Crippen molar-refractivity contribution in [2.24, 2.45) is 0 Å². The Labute approximate surface area is 171 Å². The lowest BCUT2D eigenvalue weighted by molar-refractivity contribution is -0.148. The van der Waals surface area contributed by atoms with Crippen LogP contribution >= 0.6 is 0 Å². The Kier molecular flexibility index (Phi) is 6.69. The van der Waals surface area contributed by atoms with Crippen molar-refractivity contribution in [1.29, 1.82) is 0 Å². The first kappa shape index (κ1) is 21.0. The minimum Gasteiger partial charge on any atom is -0.456 e. The number of hydrogen-bond acceptors (Lipinski definition) is 5. The van der Waals surface area contributed by atoms with E-state index in [1.807, 2.05) is 43.3 Å². The van der Waals surface area contributed by atoms with Crippen molar-refractivity contribution in [1.82, 2.24) is 0 Å². The van der Waals surface area contributed by atoms with Crippen molar-refractivity contribution in [2.45, 2.75) is 31.7 Å². The lowest BCUT2D eigenvalue weighted by Crippen LogP contribution is -2.43. The summed E-state index contributed by atoms with van der Waals surface area (Å²) in [6.45, 7) is 1.52. The van der Waals surface area contributed by atoms with E-state index < -0.39 is 34.4 Å². The molecule has 1 saturated heterocycles. The molecule has 1 heterocycles. The van der Waals surface area contributed by atoms with Crippen LogP contribution in [0.2, 0.25) is 0 Å². The molecule has 0 spiro atoms. The van der Waals surface area contributed by atoms with Crippen LogP contribution in [0, 0.1) is 0 Å². The molecule has 3 rings (SSSR count). The number of esters is 1. The van der Waals surface area contributed by atoms with Crippen LogP contribution in [0.1, 0.15) is 31.2 Å². The monoisotopic (exact) mass is 415 g/mol. The number of hydrogen-bond donors (Lipinski definition) is 0. The second kappa shape index (κ2) is 9.22. The molecule has 1 aliphatic heterocycles. The molecule has 2 aromatic rings. The molecular formula is C22H25NO5S. The number of benzene rings is 2. The topological polar surface area (TPSA) is 80.8 Å². The van der Waals surface area contributed by atoms with Crippen LogP contribution in [-0.4, -0.2) is 44.4 Å². The largest absolute Gasteiger partial charge is 0.456 e. The molecule has 154 valence electrons. The molecule has 0 unspecified atom stereocenters. The molecule has 7 heteroatoms. The van der Waals surface area contributed by atoms with Gasteiger partial charge in [0.1, 0.15) is 0 Å². The minimum absolute atomic E-state index is 0.0241. The lowest BCUT2D eigenvalue weighted by Gasteiger charge is -2.28. The van der Waals surface area contributed by atoms with Gasteiger partial charge in [-0.05, 0) is 30.0 Å². The standard InChI is InChI=1S/C22H25NO5S/c1-17(18-8-4-2-5-9-18)14-22(25)28-15-21(24)23(19-10-6-3-7-11-19)20-12-13-29(26,27)16-20/h2-11,17,20H,12-16H2,1H3/t17-,20-/m0/s1. The van der Waals surface area contributed by atoms with E-state index in [-0.39, 0.29) is 23.8 Å². The van der Waals surface area contributed by atoms with Gasteiger partial charge in [0.25, 0.3) is 5.91 Å². The molecule has 6 nitrogen and oxygen atoms in total. The Morgan fingerprint density at radius 2 is 1.69 bits per heavy atom. The zero-order valence-electron chi connectivity index (χ0n) is 16.4. The van der Waals surface area contributed by atoms with Crippen LogP contribution in [0.4, 0.5) is 5.69 Å². The second-order valence-electron chi connectivity index (χ2n) is 7.33. The summed E-state index contributed by atoms with van der Waals surface area (Å²) >= 11 is 0. The molecule has 0 aromatic heterocycles. The molecule has 0 N–H and O–H groups in total. The smallest absolute Gasteiger partial charge is 0.306 e. The van der Waals surface area contributed by atoms with E-state index >= 15 is 0 Å². The van der Waals surface area contributed by atoms with E-state index in [1.165, 1.54) is 4.90 Å². The first-order valence-electron chi connectivity index (χ1n) is 9.64. The highest BCUT2D eigenvalue weighted by atomic mass is 32.2. The van der Waals surface area contributed by atoms with E-state index in [0.29, 0.717) is 12.1 Å². The number of anilines is 1. The molecule has 29 heavy (non-hydrogen) atoms. The van der Waals surface area contributed by atoms with Gasteiger partial charge in [-0.2, -0.15) is 0 Å². The summed E-state index contributed by atoms with van der Waals surface area (Å²) in [5.74, 6) is -0.917. The first-order chi connectivity index (χ1) is 13.9. The molecule has 2 atom stereocenters. The number of carbonyl (C=O) groups is 2. The van der Waals surface area contributed by atoms with E-state index in [1.54, 1.807) is 24.3 Å². The van der Waals surface area contributed by atoms with Gasteiger partial charge < -0.3 is 9.64 Å². The number of ether oxygens (including phenoxy) is 1. The second-order valence-corrected chi connectivity index (χ2v) is 9.56. The van der Waals surface area contributed by atoms with Crippen molar-refractivity contribution in [2.75, 3.05) is 23.0 Å². The average Bonchev–Trinajstić information content (AvgIpc) is 3.07. The molecule has 0 aliphatic carbocycles. The fourth-order valence-electron chi connectivity index (χ4n) is 3.55. The van der Waals surface area contributed by atoms with Crippen molar-refractivity contribution >= 4 is 27.4 Å². The quantitative estimate of drug-likeness (QED) is 0.650. The summed E-state index contributed by atoms with van der Waals surface area (Å²) in [4.78, 5) is 26.5. The third kappa shape index (κ3) is 5.67. The summed E-state index contributed by atoms with van der Waals surface area (Å²) in [6.07, 6.45) is 0.544. The summed E-state index contributed by atoms with van der Waals surface area (Å²) in [5.41, 5.74) is 1.63. The SMILES string of the molecule is C[C@@H](CC(=O)OCC(=O)N(c1ccccc1)[C@H]1CCS(=O)(=O)C1)c1ccccc1. The van der Waals surface area contributed by atoms with Crippen molar-refractivity contribution < 1.29 is 22.7 Å². The molecule has 0 radical (unpaired) electrons. The molecular weight excluding hydrogens is 390 g/mol. The van der Waals surface area contributed by atoms with Gasteiger partial charge >= 0.3 is 5.97 Å². The number of amides is 1. The van der Waals surface area contributed by atoms with Crippen molar-refractivity contribution in [3.05, 3.63) is 66.2 Å². The highest BCUT2D eigenvalue weighted by molar-refractivity contribution is 7.91. The average molecular weight is 416 g/mol.